The Labute approximate surface area is 482 Å². The highest BCUT2D eigenvalue weighted by Crippen LogP contribution is 2.56. The van der Waals surface area contributed by atoms with Crippen LogP contribution in [0, 0.1) is 49.3 Å². The van der Waals surface area contributed by atoms with Crippen LogP contribution in [0.4, 0.5) is 15.8 Å². The minimum atomic E-state index is -2.07. The van der Waals surface area contributed by atoms with Gasteiger partial charge in [0.05, 0.1) is 82.1 Å². The number of ketones is 1. The molecule has 0 unspecified atom stereocenters. The van der Waals surface area contributed by atoms with Crippen LogP contribution in [0.1, 0.15) is 135 Å². The Bertz CT molecular complexity index is 3450. The van der Waals surface area contributed by atoms with Crippen molar-refractivity contribution >= 4 is 51.9 Å². The highest BCUT2D eigenvalue weighted by atomic mass is 19.1. The number of halogens is 1. The third kappa shape index (κ3) is 10.3. The van der Waals surface area contributed by atoms with Gasteiger partial charge in [0.25, 0.3) is 17.2 Å². The maximum atomic E-state index is 16.2. The fraction of sp³-hybridized carbons (Fsp3) is 0.540. The maximum absolute atomic E-state index is 16.2. The van der Waals surface area contributed by atoms with Crippen molar-refractivity contribution in [3.05, 3.63) is 98.0 Å². The first-order valence-electron chi connectivity index (χ1n) is 29.1. The van der Waals surface area contributed by atoms with Gasteiger partial charge < -0.3 is 55.1 Å². The molecule has 2 saturated carbocycles. The third-order valence-corrected chi connectivity index (χ3v) is 19.5. The predicted molar refractivity (Wildman–Crippen MR) is 312 cm³/mol. The van der Waals surface area contributed by atoms with Crippen LogP contribution in [-0.4, -0.2) is 151 Å². The van der Waals surface area contributed by atoms with Gasteiger partial charge >= 0.3 is 5.79 Å². The Hall–Kier alpha value is -6.84. The Morgan fingerprint density at radius 3 is 2.19 bits per heavy atom. The smallest absolute Gasteiger partial charge is 0.312 e. The molecule has 2 aliphatic carbocycles. The number of allylic oxidation sites excluding steroid dienone is 2. The lowest BCUT2D eigenvalue weighted by atomic mass is 9.78. The number of hydrazone groups is 1. The average molecular weight is 1150 g/mol. The number of aromatic hydroxyl groups is 3. The molecule has 5 aliphatic heterocycles. The topological polar surface area (TPSA) is 256 Å². The summed E-state index contributed by atoms with van der Waals surface area (Å²) in [5, 5.41) is 79.6. The lowest BCUT2D eigenvalue weighted by molar-refractivity contribution is -0.112. The molecule has 83 heavy (non-hydrogen) atoms. The summed E-state index contributed by atoms with van der Waals surface area (Å²) in [4.78, 5) is 58.5. The van der Waals surface area contributed by atoms with Crippen molar-refractivity contribution in [2.75, 3.05) is 50.6 Å². The number of carbonyl (C=O) groups is 3. The number of hydrogen-bond donors (Lipinski definition) is 7. The first kappa shape index (κ1) is 59.3. The van der Waals surface area contributed by atoms with Crippen LogP contribution >= 0.6 is 0 Å². The molecule has 4 fully saturated rings. The molecule has 1 amide bonds. The van der Waals surface area contributed by atoms with E-state index in [0.717, 1.165) is 50.5 Å². The van der Waals surface area contributed by atoms with Crippen molar-refractivity contribution < 1.29 is 63.6 Å². The maximum Gasteiger partial charge on any atom is 0.312 e. The van der Waals surface area contributed by atoms with Crippen molar-refractivity contribution in [2.24, 2.45) is 34.7 Å². The van der Waals surface area contributed by atoms with Gasteiger partial charge in [-0.1, -0.05) is 45.9 Å². The van der Waals surface area contributed by atoms with Crippen molar-refractivity contribution in [3.8, 4) is 23.0 Å². The lowest BCUT2D eigenvalue weighted by Gasteiger charge is -2.42. The molecule has 2 aromatic heterocycles. The number of aromatic nitrogens is 1. The van der Waals surface area contributed by atoms with Crippen LogP contribution < -0.4 is 20.5 Å². The number of Topliss-reactive ketones (excluding diaryl/α,β-unsaturated/α-hetero) is 1. The molecule has 5 bridgehead atoms. The molecule has 2 aromatic carbocycles. The second kappa shape index (κ2) is 22.6. The number of phenolic OH excluding ortho intramolecular Hbond substituents is 3. The zero-order valence-electron chi connectivity index (χ0n) is 49.0. The molecule has 7 aliphatic rings. The number of aliphatic hydroxyl groups excluding tert-OH is 3. The van der Waals surface area contributed by atoms with Crippen molar-refractivity contribution in [1.82, 2.24) is 14.3 Å². The first-order chi connectivity index (χ1) is 39.4. The van der Waals surface area contributed by atoms with Gasteiger partial charge in [0.15, 0.2) is 17.9 Å². The van der Waals surface area contributed by atoms with Crippen molar-refractivity contribution in [2.45, 2.75) is 148 Å². The van der Waals surface area contributed by atoms with E-state index in [9.17, 15) is 49.8 Å². The largest absolute Gasteiger partial charge is 0.507 e. The van der Waals surface area contributed by atoms with Gasteiger partial charge in [0.1, 0.15) is 17.2 Å². The summed E-state index contributed by atoms with van der Waals surface area (Å²) in [7, 11) is 3.60. The summed E-state index contributed by atoms with van der Waals surface area (Å²) in [6, 6.07) is 1.87. The fourth-order valence-electron chi connectivity index (χ4n) is 13.8. The van der Waals surface area contributed by atoms with Crippen LogP contribution in [0.2, 0.25) is 0 Å². The second-order valence-electron chi connectivity index (χ2n) is 24.5. The summed E-state index contributed by atoms with van der Waals surface area (Å²) in [6.07, 6.45) is 12.7. The van der Waals surface area contributed by atoms with E-state index >= 15 is 4.39 Å². The van der Waals surface area contributed by atoms with Crippen molar-refractivity contribution in [3.63, 3.8) is 0 Å². The minimum Gasteiger partial charge on any atom is -0.507 e. The van der Waals surface area contributed by atoms with E-state index in [1.165, 1.54) is 63.1 Å². The molecule has 0 radical (unpaired) electrons. The molecule has 19 nitrogen and oxygen atoms in total. The number of aryl methyl sites for hydroxylation is 1. The minimum absolute atomic E-state index is 0.0320. The molecule has 11 rings (SSSR count). The quantitative estimate of drug-likeness (QED) is 0.0366. The van der Waals surface area contributed by atoms with Gasteiger partial charge in [-0.25, -0.2) is 4.39 Å². The SMILES string of the molecule is CO[C@H]1/C=C/O[C@@]2(C)Oc3c(C)c(O)c4c(O)c(c(/C=N/N5CCC(N(C)C6([C@@H]7CCN(c8c(F)cn9c(=O)c(C=O)cc(C%10CC%10)c9c8C)C7)CC6)CC5)c(O)c4c3C2=O)NC(=O)/C(C)=C\C=C\[C@H](C)[C@H](O)[C@@H](C)[C@@H](O)[C@@H](C)[C@H](O)[C@@H]1C. The Kier molecular flexibility index (Phi) is 16.2. The number of pyridine rings is 2. The summed E-state index contributed by atoms with van der Waals surface area (Å²) in [5.41, 5.74) is 1.78. The number of anilines is 2. The number of rotatable bonds is 9. The molecule has 7 N–H and O–H groups in total. The lowest BCUT2D eigenvalue weighted by Crippen LogP contribution is -2.50. The number of amides is 1. The Balaban J connectivity index is 0.928. The van der Waals surface area contributed by atoms with E-state index in [1.807, 2.05) is 11.9 Å². The highest BCUT2D eigenvalue weighted by Gasteiger charge is 2.56. The number of carbonyl (C=O) groups excluding carboxylic acids is 3. The van der Waals surface area contributed by atoms with Gasteiger partial charge in [-0.05, 0) is 108 Å². The van der Waals surface area contributed by atoms with Crippen molar-refractivity contribution in [1.29, 1.82) is 0 Å². The number of hydrogen-bond acceptors (Lipinski definition) is 17. The number of nitrogens with one attached hydrogen (secondary N) is 1. The first-order valence-corrected chi connectivity index (χ1v) is 29.1. The molecule has 2 saturated heterocycles. The van der Waals surface area contributed by atoms with Crippen LogP contribution in [0.25, 0.3) is 16.3 Å². The summed E-state index contributed by atoms with van der Waals surface area (Å²) in [5.74, 6) is -7.99. The van der Waals surface area contributed by atoms with E-state index in [4.69, 9.17) is 19.3 Å². The summed E-state index contributed by atoms with van der Waals surface area (Å²) >= 11 is 0. The van der Waals surface area contributed by atoms with Gasteiger partial charge in [0, 0.05) is 92.0 Å². The molecular formula is C63H79FN6O13. The molecule has 10 atom stereocenters. The van der Waals surface area contributed by atoms with Crippen LogP contribution in [-0.2, 0) is 14.3 Å². The number of benzene rings is 2. The second-order valence-corrected chi connectivity index (χ2v) is 24.5. The number of phenols is 3. The summed E-state index contributed by atoms with van der Waals surface area (Å²) < 4.78 is 35.5. The monoisotopic (exact) mass is 1150 g/mol. The third-order valence-electron chi connectivity index (χ3n) is 19.5. The van der Waals surface area contributed by atoms with Gasteiger partial charge in [-0.2, -0.15) is 5.10 Å². The molecule has 0 spiro atoms. The number of piperidine rings is 1. The van der Waals surface area contributed by atoms with E-state index in [1.54, 1.807) is 45.9 Å². The Morgan fingerprint density at radius 1 is 0.867 bits per heavy atom. The van der Waals surface area contributed by atoms with Crippen LogP contribution in [0.5, 0.6) is 23.0 Å². The molecule has 4 aromatic rings. The van der Waals surface area contributed by atoms with Crippen LogP contribution in [0.3, 0.4) is 0 Å². The standard InChI is InChI=1S/C63H79FN6O13/c1-31-12-11-13-32(2)60(79)66-49-43(56(76)46-47(57(49)77)55(75)37(7)58-48(46)59(78)62(8,83-58)82-25-19-45(81-10)33(3)53(73)36(6)54(74)35(5)52(31)72)27-65-69-23-17-41(18-24-69)67(9)63(20-21-63)40-16-22-68(28-40)51-34(4)50-42(38-14-15-38)26-39(30-71)61(80)70(50)29-44(51)64/h11-13,19,25-27,29-31,33,35-36,38,40-41,45,52-54,72-77H,14-18,20-24,28H2,1-10H3,(H,66,79)/b12-11+,25-19+,32-13-,65-27+/t31-,33+,35+,36-,40+,45-,52-,53+,54+,62-/m0/s1. The average Bonchev–Trinajstić information content (AvgIpc) is 2.85. The zero-order chi connectivity index (χ0) is 59.9. The van der Waals surface area contributed by atoms with Gasteiger partial charge in [0.2, 0.25) is 0 Å². The molecule has 20 heteroatoms. The normalized spacial score (nSPS) is 30.5. The zero-order valence-corrected chi connectivity index (χ0v) is 49.0. The van der Waals surface area contributed by atoms with E-state index in [2.05, 4.69) is 22.2 Å². The molecular weight excluding hydrogens is 1070 g/mol. The van der Waals surface area contributed by atoms with E-state index in [-0.39, 0.29) is 73.5 Å². The van der Waals surface area contributed by atoms with Crippen LogP contribution in [0.15, 0.2) is 58.3 Å². The predicted octanol–water partition coefficient (Wildman–Crippen LogP) is 7.72. The number of aldehydes is 1. The number of nitrogens with zero attached hydrogens (tertiary/aromatic N) is 5. The highest BCUT2D eigenvalue weighted by molar-refractivity contribution is 6.24. The number of aliphatic hydroxyl groups is 3. The van der Waals surface area contributed by atoms with E-state index < -0.39 is 94.2 Å². The van der Waals surface area contributed by atoms with E-state index in [0.29, 0.717) is 49.2 Å². The Morgan fingerprint density at radius 2 is 1.54 bits per heavy atom. The molecule has 446 valence electrons. The fourth-order valence-corrected chi connectivity index (χ4v) is 13.8. The number of fused-ring (bicyclic) bond motifs is 15. The van der Waals surface area contributed by atoms with Gasteiger partial charge in [-0.3, -0.25) is 33.5 Å². The molecule has 7 heterocycles. The summed E-state index contributed by atoms with van der Waals surface area (Å²) in [6.45, 7) is 15.4. The number of ether oxygens (including phenoxy) is 3. The number of methoxy groups -OCH3 is 1. The van der Waals surface area contributed by atoms with Gasteiger partial charge in [-0.15, -0.1) is 0 Å².